The number of nitrogens with zero attached hydrogens (tertiary/aromatic N) is 6. The third-order valence-electron chi connectivity index (χ3n) is 9.40. The highest BCUT2D eigenvalue weighted by atomic mass is 32.2. The first-order chi connectivity index (χ1) is 25.6. The van der Waals surface area contributed by atoms with Crippen LogP contribution >= 0.6 is 23.5 Å². The highest BCUT2D eigenvalue weighted by Crippen LogP contribution is 2.60. The number of furan rings is 2. The SMILES string of the molecule is N#Cc1cc2c(cc1C#N)N(c1ccc3oc4ccccc4c3c1)/C(=C1\Sc3cc(C#N)c(C#N)cc3N1c1ccc3oc4ccccc4c3c1)S2. The molecule has 6 aromatic carbocycles. The van der Waals surface area contributed by atoms with Gasteiger partial charge in [-0.2, -0.15) is 21.0 Å². The summed E-state index contributed by atoms with van der Waals surface area (Å²) in [7, 11) is 0. The lowest BCUT2D eigenvalue weighted by atomic mass is 10.1. The molecule has 0 saturated heterocycles. The molecule has 0 aliphatic carbocycles. The van der Waals surface area contributed by atoms with Crippen LogP contribution in [0.15, 0.2) is 138 Å². The number of rotatable bonds is 2. The van der Waals surface area contributed by atoms with Crippen molar-refractivity contribution in [3.05, 3.63) is 142 Å². The fourth-order valence-electron chi connectivity index (χ4n) is 7.04. The van der Waals surface area contributed by atoms with Crippen LogP contribution in [-0.4, -0.2) is 0 Å². The number of thioether (sulfide) groups is 2. The summed E-state index contributed by atoms with van der Waals surface area (Å²) in [4.78, 5) is 5.87. The van der Waals surface area contributed by atoms with Gasteiger partial charge in [-0.15, -0.1) is 0 Å². The van der Waals surface area contributed by atoms with Crippen LogP contribution in [0.3, 0.4) is 0 Å². The van der Waals surface area contributed by atoms with Gasteiger partial charge in [0.1, 0.15) is 56.7 Å². The van der Waals surface area contributed by atoms with E-state index in [0.717, 1.165) is 86.5 Å². The molecule has 0 unspecified atom stereocenters. The van der Waals surface area contributed by atoms with Crippen LogP contribution in [0.5, 0.6) is 0 Å². The molecule has 0 atom stereocenters. The molecule has 0 N–H and O–H groups in total. The molecule has 2 aliphatic heterocycles. The number of benzene rings is 6. The first-order valence-corrected chi connectivity index (χ1v) is 17.7. The van der Waals surface area contributed by atoms with Crippen molar-refractivity contribution in [3.8, 4) is 24.3 Å². The minimum absolute atomic E-state index is 0.279. The first kappa shape index (κ1) is 29.8. The monoisotopic (exact) mass is 702 g/mol. The molecule has 2 aliphatic rings. The Morgan fingerprint density at radius 1 is 0.423 bits per heavy atom. The fourth-order valence-corrected chi connectivity index (χ4v) is 9.51. The summed E-state index contributed by atoms with van der Waals surface area (Å²) in [5, 5.41) is 45.6. The average Bonchev–Trinajstić information content (AvgIpc) is 3.95. The van der Waals surface area contributed by atoms with E-state index in [1.165, 1.54) is 23.5 Å². The summed E-state index contributed by atoms with van der Waals surface area (Å²) >= 11 is 3.01. The second-order valence-corrected chi connectivity index (χ2v) is 14.3. The zero-order valence-electron chi connectivity index (χ0n) is 26.7. The molecule has 0 spiro atoms. The molecular weight excluding hydrogens is 685 g/mol. The molecule has 8 nitrogen and oxygen atoms in total. The van der Waals surface area contributed by atoms with Crippen molar-refractivity contribution in [2.45, 2.75) is 9.79 Å². The minimum Gasteiger partial charge on any atom is -0.456 e. The van der Waals surface area contributed by atoms with Gasteiger partial charge >= 0.3 is 0 Å². The Morgan fingerprint density at radius 3 is 1.23 bits per heavy atom. The van der Waals surface area contributed by atoms with Gasteiger partial charge in [-0.3, -0.25) is 0 Å². The Balaban J connectivity index is 1.26. The quantitative estimate of drug-likeness (QED) is 0.172. The number of para-hydroxylation sites is 2. The van der Waals surface area contributed by atoms with E-state index in [2.05, 4.69) is 46.2 Å². The number of fused-ring (bicyclic) bond motifs is 8. The maximum absolute atomic E-state index is 10.1. The third-order valence-corrected chi connectivity index (χ3v) is 11.8. The Hall–Kier alpha value is -7.08. The maximum atomic E-state index is 10.1. The maximum Gasteiger partial charge on any atom is 0.135 e. The lowest BCUT2D eigenvalue weighted by Crippen LogP contribution is -2.18. The smallest absolute Gasteiger partial charge is 0.135 e. The molecule has 0 bridgehead atoms. The molecule has 240 valence electrons. The molecule has 10 rings (SSSR count). The Morgan fingerprint density at radius 2 is 0.808 bits per heavy atom. The molecule has 8 aromatic rings. The fraction of sp³-hybridized carbons (Fsp3) is 0. The summed E-state index contributed by atoms with van der Waals surface area (Å²) in [5.74, 6) is 0. The Labute approximate surface area is 304 Å². The van der Waals surface area contributed by atoms with E-state index < -0.39 is 0 Å². The van der Waals surface area contributed by atoms with E-state index in [-0.39, 0.29) is 11.1 Å². The molecule has 4 heterocycles. The van der Waals surface area contributed by atoms with Crippen LogP contribution in [-0.2, 0) is 0 Å². The van der Waals surface area contributed by atoms with Crippen LogP contribution in [0.1, 0.15) is 22.3 Å². The van der Waals surface area contributed by atoms with Gasteiger partial charge < -0.3 is 18.6 Å². The summed E-state index contributed by atoms with van der Waals surface area (Å²) in [6.45, 7) is 0. The number of anilines is 4. The number of hydrogen-bond donors (Lipinski definition) is 0. The van der Waals surface area contributed by atoms with Crippen LogP contribution in [0.25, 0.3) is 43.9 Å². The van der Waals surface area contributed by atoms with Crippen LogP contribution in [0.4, 0.5) is 22.7 Å². The van der Waals surface area contributed by atoms with Crippen molar-refractivity contribution in [1.82, 2.24) is 0 Å². The minimum atomic E-state index is 0.279. The zero-order chi connectivity index (χ0) is 35.1. The van der Waals surface area contributed by atoms with Crippen LogP contribution < -0.4 is 9.80 Å². The van der Waals surface area contributed by atoms with E-state index in [0.29, 0.717) is 11.1 Å². The lowest BCUT2D eigenvalue weighted by molar-refractivity contribution is 0.668. The van der Waals surface area contributed by atoms with Crippen LogP contribution in [0.2, 0.25) is 0 Å². The standard InChI is InChI=1S/C42H18N6O2S2/c43-19-23-13-33-39(15-25(23)21-45)51-41(47(33)27-9-11-37-31(17-27)29-5-1-3-7-35(29)49-37)42-48(34-14-24(20-44)26(22-46)16-40(34)52-42)28-10-12-38-32(18-28)30-6-2-4-8-36(30)50-38/h1-18H/b42-41+. The van der Waals surface area contributed by atoms with E-state index in [1.54, 1.807) is 24.3 Å². The summed E-state index contributed by atoms with van der Waals surface area (Å²) in [5.41, 5.74) is 7.42. The van der Waals surface area contributed by atoms with E-state index in [4.69, 9.17) is 8.83 Å². The second-order valence-electron chi connectivity index (χ2n) is 12.2. The highest BCUT2D eigenvalue weighted by Gasteiger charge is 2.38. The molecule has 0 fully saturated rings. The zero-order valence-corrected chi connectivity index (χ0v) is 28.3. The van der Waals surface area contributed by atoms with Gasteiger partial charge in [0.05, 0.1) is 33.6 Å². The lowest BCUT2D eigenvalue weighted by Gasteiger charge is -2.27. The molecule has 0 radical (unpaired) electrons. The summed E-state index contributed by atoms with van der Waals surface area (Å²) < 4.78 is 12.3. The predicted molar refractivity (Wildman–Crippen MR) is 202 cm³/mol. The highest BCUT2D eigenvalue weighted by molar-refractivity contribution is 8.07. The van der Waals surface area contributed by atoms with Gasteiger partial charge in [0.15, 0.2) is 0 Å². The first-order valence-electron chi connectivity index (χ1n) is 16.1. The van der Waals surface area contributed by atoms with Crippen molar-refractivity contribution in [1.29, 1.82) is 21.0 Å². The summed E-state index contributed by atoms with van der Waals surface area (Å²) in [6, 6.07) is 43.8. The number of nitriles is 4. The van der Waals surface area contributed by atoms with Crippen molar-refractivity contribution >= 4 is 90.2 Å². The van der Waals surface area contributed by atoms with E-state index in [9.17, 15) is 21.0 Å². The third kappa shape index (κ3) is 4.27. The van der Waals surface area contributed by atoms with Crippen molar-refractivity contribution in [3.63, 3.8) is 0 Å². The average molecular weight is 703 g/mol. The van der Waals surface area contributed by atoms with Crippen LogP contribution in [0, 0.1) is 45.3 Å². The second kappa shape index (κ2) is 11.2. The molecule has 0 saturated carbocycles. The molecular formula is C42H18N6O2S2. The Kier molecular flexibility index (Phi) is 6.43. The van der Waals surface area contributed by atoms with E-state index >= 15 is 0 Å². The van der Waals surface area contributed by atoms with Gasteiger partial charge in [0.2, 0.25) is 0 Å². The topological polar surface area (TPSA) is 128 Å². The van der Waals surface area contributed by atoms with Gasteiger partial charge in [0.25, 0.3) is 0 Å². The largest absolute Gasteiger partial charge is 0.456 e. The molecule has 10 heteroatoms. The van der Waals surface area contributed by atoms with Crippen molar-refractivity contribution in [2.75, 3.05) is 9.80 Å². The van der Waals surface area contributed by atoms with Crippen molar-refractivity contribution in [2.24, 2.45) is 0 Å². The molecule has 52 heavy (non-hydrogen) atoms. The van der Waals surface area contributed by atoms with Crippen molar-refractivity contribution < 1.29 is 8.83 Å². The van der Waals surface area contributed by atoms with Gasteiger partial charge in [-0.05, 0) is 72.8 Å². The Bertz CT molecular complexity index is 2900. The normalized spacial score (nSPS) is 14.8. The van der Waals surface area contributed by atoms with E-state index in [1.807, 2.05) is 72.8 Å². The number of hydrogen-bond acceptors (Lipinski definition) is 10. The molecule has 0 amide bonds. The predicted octanol–water partition coefficient (Wildman–Crippen LogP) is 11.3. The summed E-state index contributed by atoms with van der Waals surface area (Å²) in [6.07, 6.45) is 0. The van der Waals surface area contributed by atoms with Gasteiger partial charge in [-0.25, -0.2) is 0 Å². The van der Waals surface area contributed by atoms with Gasteiger partial charge in [-0.1, -0.05) is 59.9 Å². The van der Waals surface area contributed by atoms with Gasteiger partial charge in [0, 0.05) is 42.7 Å². The molecule has 2 aromatic heterocycles.